The van der Waals surface area contributed by atoms with Gasteiger partial charge in [0.15, 0.2) is 0 Å². The van der Waals surface area contributed by atoms with E-state index in [4.69, 9.17) is 0 Å². The number of fused-ring (bicyclic) bond motifs is 1. The first-order valence-electron chi connectivity index (χ1n) is 6.74. The van der Waals surface area contributed by atoms with Gasteiger partial charge in [0.1, 0.15) is 11.6 Å². The first kappa shape index (κ1) is 11.9. The molecular weight excluding hydrogens is 226 g/mol. The lowest BCUT2D eigenvalue weighted by Crippen LogP contribution is -2.29. The van der Waals surface area contributed by atoms with E-state index in [-0.39, 0.29) is 0 Å². The molecule has 0 radical (unpaired) electrons. The van der Waals surface area contributed by atoms with Crippen LogP contribution < -0.4 is 10.6 Å². The van der Waals surface area contributed by atoms with Gasteiger partial charge in [0, 0.05) is 37.7 Å². The lowest BCUT2D eigenvalue weighted by atomic mass is 10.1. The topological polar surface area (TPSA) is 53.1 Å². The number of nitrogens with zero attached hydrogens (tertiary/aromatic N) is 3. The summed E-state index contributed by atoms with van der Waals surface area (Å²) in [4.78, 5) is 11.5. The van der Waals surface area contributed by atoms with Crippen molar-refractivity contribution in [2.45, 2.75) is 32.4 Å². The summed E-state index contributed by atoms with van der Waals surface area (Å²) in [7, 11) is 2.17. The Labute approximate surface area is 108 Å². The number of hydrogen-bond donors (Lipinski definition) is 2. The van der Waals surface area contributed by atoms with Crippen molar-refractivity contribution < 1.29 is 0 Å². The highest BCUT2D eigenvalue weighted by Gasteiger charge is 2.22. The zero-order valence-electron chi connectivity index (χ0n) is 11.2. The molecule has 5 nitrogen and oxygen atoms in total. The molecule has 1 saturated heterocycles. The molecule has 1 fully saturated rings. The average molecular weight is 247 g/mol. The number of anilines is 1. The van der Waals surface area contributed by atoms with E-state index >= 15 is 0 Å². The van der Waals surface area contributed by atoms with Crippen molar-refractivity contribution in [2.24, 2.45) is 0 Å². The molecule has 2 N–H and O–H groups in total. The maximum atomic E-state index is 4.59. The maximum Gasteiger partial charge on any atom is 0.134 e. The van der Waals surface area contributed by atoms with Crippen molar-refractivity contribution in [3.05, 3.63) is 17.1 Å². The van der Waals surface area contributed by atoms with Crippen LogP contribution in [0.15, 0.2) is 0 Å². The largest absolute Gasteiger partial charge is 0.366 e. The first-order valence-corrected chi connectivity index (χ1v) is 6.74. The number of nitrogens with one attached hydrogen (secondary N) is 2. The van der Waals surface area contributed by atoms with Gasteiger partial charge in [0.05, 0.1) is 5.69 Å². The summed E-state index contributed by atoms with van der Waals surface area (Å²) in [6.07, 6.45) is 2.21. The second-order valence-corrected chi connectivity index (χ2v) is 5.36. The van der Waals surface area contributed by atoms with Crippen LogP contribution in [-0.4, -0.2) is 47.6 Å². The normalized spacial score (nSPS) is 24.0. The Hall–Kier alpha value is -1.20. The second kappa shape index (κ2) is 4.82. The predicted octanol–water partition coefficient (Wildman–Crippen LogP) is 0.547. The van der Waals surface area contributed by atoms with E-state index in [9.17, 15) is 0 Å². The van der Waals surface area contributed by atoms with Crippen molar-refractivity contribution in [1.29, 1.82) is 0 Å². The fraction of sp³-hybridized carbons (Fsp3) is 0.692. The van der Waals surface area contributed by atoms with Crippen molar-refractivity contribution in [3.63, 3.8) is 0 Å². The fourth-order valence-electron chi connectivity index (χ4n) is 2.83. The van der Waals surface area contributed by atoms with Crippen LogP contribution in [0.5, 0.6) is 0 Å². The van der Waals surface area contributed by atoms with Crippen molar-refractivity contribution in [3.8, 4) is 0 Å². The molecule has 98 valence electrons. The summed E-state index contributed by atoms with van der Waals surface area (Å²) in [5, 5.41) is 7.01. The predicted molar refractivity (Wildman–Crippen MR) is 71.7 cm³/mol. The highest BCUT2D eigenvalue weighted by molar-refractivity contribution is 5.48. The van der Waals surface area contributed by atoms with Gasteiger partial charge in [0.25, 0.3) is 0 Å². The summed E-state index contributed by atoms with van der Waals surface area (Å²) in [6, 6.07) is 0.523. The first-order chi connectivity index (χ1) is 8.72. The van der Waals surface area contributed by atoms with Crippen LogP contribution in [0.3, 0.4) is 0 Å². The lowest BCUT2D eigenvalue weighted by Gasteiger charge is -2.22. The molecule has 1 unspecified atom stereocenters. The van der Waals surface area contributed by atoms with Gasteiger partial charge in [-0.3, -0.25) is 0 Å². The number of rotatable bonds is 2. The number of aromatic nitrogens is 2. The van der Waals surface area contributed by atoms with Crippen LogP contribution in [0.25, 0.3) is 0 Å². The summed E-state index contributed by atoms with van der Waals surface area (Å²) >= 11 is 0. The van der Waals surface area contributed by atoms with E-state index < -0.39 is 0 Å². The van der Waals surface area contributed by atoms with E-state index in [2.05, 4.69) is 32.5 Å². The van der Waals surface area contributed by atoms with E-state index in [1.807, 2.05) is 6.92 Å². The summed E-state index contributed by atoms with van der Waals surface area (Å²) in [5.74, 6) is 1.93. The van der Waals surface area contributed by atoms with Gasteiger partial charge in [-0.1, -0.05) is 0 Å². The van der Waals surface area contributed by atoms with E-state index in [1.165, 1.54) is 24.2 Å². The molecule has 0 aliphatic carbocycles. The van der Waals surface area contributed by atoms with Gasteiger partial charge >= 0.3 is 0 Å². The molecule has 0 saturated carbocycles. The number of likely N-dealkylation sites (N-methyl/N-ethyl adjacent to an activating group) is 1. The molecule has 0 spiro atoms. The van der Waals surface area contributed by atoms with Gasteiger partial charge < -0.3 is 15.5 Å². The summed E-state index contributed by atoms with van der Waals surface area (Å²) < 4.78 is 0. The monoisotopic (exact) mass is 247 g/mol. The molecule has 1 aromatic rings. The smallest absolute Gasteiger partial charge is 0.134 e. The Balaban J connectivity index is 1.84. The van der Waals surface area contributed by atoms with E-state index in [0.717, 1.165) is 37.7 Å². The molecule has 0 bridgehead atoms. The van der Waals surface area contributed by atoms with Crippen LogP contribution in [0.1, 0.15) is 23.5 Å². The maximum absolute atomic E-state index is 4.59. The Kier molecular flexibility index (Phi) is 3.18. The van der Waals surface area contributed by atoms with Gasteiger partial charge in [0.2, 0.25) is 0 Å². The van der Waals surface area contributed by atoms with Crippen LogP contribution in [0, 0.1) is 6.92 Å². The van der Waals surface area contributed by atoms with Gasteiger partial charge in [-0.2, -0.15) is 0 Å². The molecule has 1 atom stereocenters. The second-order valence-electron chi connectivity index (χ2n) is 5.36. The highest BCUT2D eigenvalue weighted by Crippen LogP contribution is 2.22. The quantitative estimate of drug-likeness (QED) is 0.799. The average Bonchev–Trinajstić information content (AvgIpc) is 2.74. The summed E-state index contributed by atoms with van der Waals surface area (Å²) in [6.45, 7) is 6.16. The Morgan fingerprint density at radius 2 is 2.28 bits per heavy atom. The molecule has 5 heteroatoms. The fourth-order valence-corrected chi connectivity index (χ4v) is 2.83. The molecule has 2 aliphatic heterocycles. The number of likely N-dealkylation sites (tertiary alicyclic amines) is 1. The lowest BCUT2D eigenvalue weighted by molar-refractivity contribution is 0.414. The molecule has 3 rings (SSSR count). The van der Waals surface area contributed by atoms with Crippen molar-refractivity contribution in [2.75, 3.05) is 32.0 Å². The molecule has 0 amide bonds. The van der Waals surface area contributed by atoms with Crippen LogP contribution in [-0.2, 0) is 13.0 Å². The molecule has 2 aliphatic rings. The van der Waals surface area contributed by atoms with Crippen molar-refractivity contribution >= 4 is 5.82 Å². The van der Waals surface area contributed by atoms with Gasteiger partial charge in [-0.25, -0.2) is 9.97 Å². The van der Waals surface area contributed by atoms with Crippen LogP contribution in [0.4, 0.5) is 5.82 Å². The van der Waals surface area contributed by atoms with Gasteiger partial charge in [-0.05, 0) is 26.9 Å². The number of aryl methyl sites for hydroxylation is 1. The minimum atomic E-state index is 0.523. The molecular formula is C13H21N5. The van der Waals surface area contributed by atoms with E-state index in [0.29, 0.717) is 6.04 Å². The third-order valence-corrected chi connectivity index (χ3v) is 3.78. The molecule has 18 heavy (non-hydrogen) atoms. The highest BCUT2D eigenvalue weighted by atomic mass is 15.2. The minimum Gasteiger partial charge on any atom is -0.366 e. The molecule has 3 heterocycles. The standard InChI is InChI=1S/C13H21N5/c1-9-15-12-3-5-14-7-11(12)13(16-9)17-10-4-6-18(2)8-10/h10,14H,3-8H2,1-2H3,(H,15,16,17). The van der Waals surface area contributed by atoms with Crippen molar-refractivity contribution in [1.82, 2.24) is 20.2 Å². The summed E-state index contributed by atoms with van der Waals surface area (Å²) in [5.41, 5.74) is 2.48. The zero-order valence-corrected chi connectivity index (χ0v) is 11.2. The third-order valence-electron chi connectivity index (χ3n) is 3.78. The molecule has 0 aromatic carbocycles. The third kappa shape index (κ3) is 2.33. The zero-order chi connectivity index (χ0) is 12.5. The number of hydrogen-bond acceptors (Lipinski definition) is 5. The van der Waals surface area contributed by atoms with E-state index in [1.54, 1.807) is 0 Å². The Morgan fingerprint density at radius 3 is 3.06 bits per heavy atom. The Morgan fingerprint density at radius 1 is 1.39 bits per heavy atom. The van der Waals surface area contributed by atoms with Crippen LogP contribution >= 0.6 is 0 Å². The Bertz CT molecular complexity index is 445. The SMILES string of the molecule is Cc1nc2c(c(NC3CCN(C)C3)n1)CNCC2. The minimum absolute atomic E-state index is 0.523. The van der Waals surface area contributed by atoms with Gasteiger partial charge in [-0.15, -0.1) is 0 Å². The molecule has 1 aromatic heterocycles. The van der Waals surface area contributed by atoms with Crippen LogP contribution in [0.2, 0.25) is 0 Å².